The van der Waals surface area contributed by atoms with E-state index in [1.807, 2.05) is 24.3 Å². The number of aromatic nitrogens is 1. The molecular formula is C28H27N3O6. The molecule has 190 valence electrons. The predicted molar refractivity (Wildman–Crippen MR) is 138 cm³/mol. The van der Waals surface area contributed by atoms with Crippen LogP contribution in [-0.4, -0.2) is 33.9 Å². The average Bonchev–Trinajstić information content (AvgIpc) is 3.50. The third-order valence-electron chi connectivity index (χ3n) is 5.57. The summed E-state index contributed by atoms with van der Waals surface area (Å²) in [6.45, 7) is 5.70. The summed E-state index contributed by atoms with van der Waals surface area (Å²) in [6, 6.07) is 21.9. The maximum atomic E-state index is 12.4. The molecule has 4 aromatic rings. The van der Waals surface area contributed by atoms with E-state index in [4.69, 9.17) is 19.0 Å². The summed E-state index contributed by atoms with van der Waals surface area (Å²) in [5, 5.41) is 13.0. The maximum absolute atomic E-state index is 12.4. The van der Waals surface area contributed by atoms with Crippen LogP contribution in [0.4, 0.5) is 0 Å². The van der Waals surface area contributed by atoms with Gasteiger partial charge in [0, 0.05) is 22.6 Å². The van der Waals surface area contributed by atoms with Crippen molar-refractivity contribution in [1.82, 2.24) is 9.99 Å². The molecule has 0 spiro atoms. The first-order valence-electron chi connectivity index (χ1n) is 11.6. The summed E-state index contributed by atoms with van der Waals surface area (Å²) >= 11 is 0. The first-order chi connectivity index (χ1) is 17.8. The lowest BCUT2D eigenvalue weighted by Gasteiger charge is -2.12. The zero-order valence-electron chi connectivity index (χ0n) is 20.7. The molecule has 37 heavy (non-hydrogen) atoms. The normalized spacial score (nSPS) is 11.9. The third-order valence-corrected chi connectivity index (χ3v) is 5.57. The fraction of sp³-hybridized carbons (Fsp3) is 0.179. The lowest BCUT2D eigenvalue weighted by Crippen LogP contribution is -2.23. The van der Waals surface area contributed by atoms with Gasteiger partial charge in [-0.1, -0.05) is 12.1 Å². The van der Waals surface area contributed by atoms with Gasteiger partial charge >= 0.3 is 11.9 Å². The summed E-state index contributed by atoms with van der Waals surface area (Å²) in [4.78, 5) is 23.5. The zero-order valence-corrected chi connectivity index (χ0v) is 20.7. The minimum atomic E-state index is -1.09. The monoisotopic (exact) mass is 501 g/mol. The molecule has 0 bridgehead atoms. The van der Waals surface area contributed by atoms with E-state index < -0.39 is 18.0 Å². The number of carboxylic acid groups (broad SMARTS) is 1. The van der Waals surface area contributed by atoms with Gasteiger partial charge in [0.2, 0.25) is 0 Å². The lowest BCUT2D eigenvalue weighted by molar-refractivity contribution is -0.144. The van der Waals surface area contributed by atoms with Crippen molar-refractivity contribution in [3.8, 4) is 17.2 Å². The fourth-order valence-corrected chi connectivity index (χ4v) is 3.65. The molecule has 4 rings (SSSR count). The summed E-state index contributed by atoms with van der Waals surface area (Å²) in [5.41, 5.74) is 6.26. The van der Waals surface area contributed by atoms with Crippen molar-refractivity contribution in [1.29, 1.82) is 0 Å². The molecule has 2 N–H and O–H groups in total. The van der Waals surface area contributed by atoms with Crippen LogP contribution >= 0.6 is 0 Å². The molecule has 0 unspecified atom stereocenters. The number of carbonyl (C=O) groups is 2. The number of nitrogens with one attached hydrogen (secondary N) is 1. The van der Waals surface area contributed by atoms with Crippen molar-refractivity contribution in [2.45, 2.75) is 33.5 Å². The number of furan rings is 1. The highest BCUT2D eigenvalue weighted by Crippen LogP contribution is 2.21. The number of hydrogen-bond acceptors (Lipinski definition) is 6. The molecular weight excluding hydrogens is 474 g/mol. The van der Waals surface area contributed by atoms with Crippen molar-refractivity contribution in [3.63, 3.8) is 0 Å². The molecule has 2 aromatic carbocycles. The maximum Gasteiger partial charge on any atom is 0.344 e. The Labute approximate surface area is 213 Å². The highest BCUT2D eigenvalue weighted by molar-refractivity contribution is 5.92. The van der Waals surface area contributed by atoms with E-state index in [-0.39, 0.29) is 12.4 Å². The van der Waals surface area contributed by atoms with E-state index in [1.165, 1.54) is 19.2 Å². The lowest BCUT2D eigenvalue weighted by atomic mass is 10.2. The Morgan fingerprint density at radius 2 is 1.73 bits per heavy atom. The minimum absolute atomic E-state index is 0.0775. The smallest absolute Gasteiger partial charge is 0.344 e. The van der Waals surface area contributed by atoms with Gasteiger partial charge in [0.1, 0.15) is 23.9 Å². The number of aliphatic carboxylic acids is 1. The second-order valence-electron chi connectivity index (χ2n) is 8.34. The van der Waals surface area contributed by atoms with Crippen molar-refractivity contribution < 1.29 is 28.6 Å². The van der Waals surface area contributed by atoms with E-state index in [0.717, 1.165) is 17.1 Å². The van der Waals surface area contributed by atoms with Crippen molar-refractivity contribution >= 4 is 18.1 Å². The predicted octanol–water partition coefficient (Wildman–Crippen LogP) is 4.88. The number of benzene rings is 2. The van der Waals surface area contributed by atoms with Crippen LogP contribution in [0.15, 0.2) is 82.3 Å². The minimum Gasteiger partial charge on any atom is -0.486 e. The van der Waals surface area contributed by atoms with Gasteiger partial charge in [-0.3, -0.25) is 4.79 Å². The van der Waals surface area contributed by atoms with Crippen LogP contribution in [0.1, 0.15) is 40.2 Å². The van der Waals surface area contributed by atoms with Crippen molar-refractivity contribution in [2.75, 3.05) is 0 Å². The number of hydrazone groups is 1. The number of carbonyl (C=O) groups excluding carboxylic acids is 1. The molecule has 0 aliphatic rings. The summed E-state index contributed by atoms with van der Waals surface area (Å²) < 4.78 is 19.0. The largest absolute Gasteiger partial charge is 0.486 e. The SMILES string of the molecule is Cc1ccc(C)n1-c1ccc(OCc2ccc(C(=O)N/N=C/c3ccccc3O[C@@H](C)C(=O)O)o2)cc1. The number of ether oxygens (including phenoxy) is 2. The van der Waals surface area contributed by atoms with Gasteiger partial charge < -0.3 is 23.6 Å². The molecule has 0 radical (unpaired) electrons. The Balaban J connectivity index is 1.31. The molecule has 1 amide bonds. The number of hydrogen-bond donors (Lipinski definition) is 2. The van der Waals surface area contributed by atoms with Crippen LogP contribution in [0.5, 0.6) is 11.5 Å². The Bertz CT molecular complexity index is 1400. The molecule has 2 heterocycles. The number of nitrogens with zero attached hydrogens (tertiary/aromatic N) is 2. The summed E-state index contributed by atoms with van der Waals surface area (Å²) in [6.07, 6.45) is 0.341. The highest BCUT2D eigenvalue weighted by atomic mass is 16.5. The van der Waals surface area contributed by atoms with E-state index in [9.17, 15) is 9.59 Å². The number of amides is 1. The average molecular weight is 502 g/mol. The van der Waals surface area contributed by atoms with E-state index in [1.54, 1.807) is 30.3 Å². The van der Waals surface area contributed by atoms with E-state index in [2.05, 4.69) is 41.1 Å². The van der Waals surface area contributed by atoms with Gasteiger partial charge in [-0.2, -0.15) is 5.10 Å². The van der Waals surface area contributed by atoms with Gasteiger partial charge in [-0.25, -0.2) is 10.2 Å². The van der Waals surface area contributed by atoms with Crippen LogP contribution in [0.2, 0.25) is 0 Å². The van der Waals surface area contributed by atoms with Gasteiger partial charge in [0.05, 0.1) is 6.21 Å². The number of aryl methyl sites for hydroxylation is 2. The van der Waals surface area contributed by atoms with Gasteiger partial charge in [0.15, 0.2) is 11.9 Å². The number of rotatable bonds is 10. The van der Waals surface area contributed by atoms with Crippen LogP contribution < -0.4 is 14.9 Å². The zero-order chi connectivity index (χ0) is 26.4. The van der Waals surface area contributed by atoms with Crippen LogP contribution in [-0.2, 0) is 11.4 Å². The molecule has 0 saturated heterocycles. The van der Waals surface area contributed by atoms with E-state index >= 15 is 0 Å². The first kappa shape index (κ1) is 25.3. The topological polar surface area (TPSA) is 115 Å². The first-order valence-corrected chi connectivity index (χ1v) is 11.6. The second-order valence-corrected chi connectivity index (χ2v) is 8.34. The number of para-hydroxylation sites is 1. The Morgan fingerprint density at radius 3 is 2.43 bits per heavy atom. The van der Waals surface area contributed by atoms with Gasteiger partial charge in [-0.05, 0) is 81.4 Å². The Morgan fingerprint density at radius 1 is 1.03 bits per heavy atom. The summed E-state index contributed by atoms with van der Waals surface area (Å²) in [7, 11) is 0. The van der Waals surface area contributed by atoms with Crippen LogP contribution in [0, 0.1) is 13.8 Å². The Kier molecular flexibility index (Phi) is 7.73. The quantitative estimate of drug-likeness (QED) is 0.236. The molecule has 0 aliphatic carbocycles. The molecule has 0 saturated carbocycles. The third kappa shape index (κ3) is 6.26. The molecule has 2 aromatic heterocycles. The van der Waals surface area contributed by atoms with Crippen molar-refractivity contribution in [2.24, 2.45) is 5.10 Å². The second kappa shape index (κ2) is 11.3. The highest BCUT2D eigenvalue weighted by Gasteiger charge is 2.14. The Hall–Kier alpha value is -4.79. The van der Waals surface area contributed by atoms with Crippen molar-refractivity contribution in [3.05, 3.63) is 101 Å². The van der Waals surface area contributed by atoms with Crippen LogP contribution in [0.25, 0.3) is 5.69 Å². The van der Waals surface area contributed by atoms with E-state index in [0.29, 0.717) is 22.8 Å². The summed E-state index contributed by atoms with van der Waals surface area (Å²) in [5.74, 6) is -0.0559. The molecule has 0 aliphatic heterocycles. The van der Waals surface area contributed by atoms with Gasteiger partial charge in [0.25, 0.3) is 0 Å². The standard InChI is InChI=1S/C28H27N3O6/c1-18-8-9-19(2)31(18)22-10-12-23(13-11-22)35-17-24-14-15-26(37-24)27(32)30-29-16-21-6-4-5-7-25(21)36-20(3)28(33)34/h4-16,20H,17H2,1-3H3,(H,30,32)(H,33,34)/b29-16+/t20-/m0/s1. The molecule has 9 nitrogen and oxygen atoms in total. The molecule has 1 atom stereocenters. The molecule has 0 fully saturated rings. The van der Waals surface area contributed by atoms with Crippen LogP contribution in [0.3, 0.4) is 0 Å². The van der Waals surface area contributed by atoms with Gasteiger partial charge in [-0.15, -0.1) is 0 Å². The number of carboxylic acids is 1. The molecule has 9 heteroatoms. The fourth-order valence-electron chi connectivity index (χ4n) is 3.65.